The van der Waals surface area contributed by atoms with E-state index < -0.39 is 0 Å². The van der Waals surface area contributed by atoms with Crippen LogP contribution >= 0.6 is 11.3 Å². The summed E-state index contributed by atoms with van der Waals surface area (Å²) in [6, 6.07) is 2.74. The van der Waals surface area contributed by atoms with Gasteiger partial charge in [0.2, 0.25) is 0 Å². The monoisotopic (exact) mass is 240 g/mol. The predicted octanol–water partition coefficient (Wildman–Crippen LogP) is 1.52. The molecule has 1 aliphatic rings. The van der Waals surface area contributed by atoms with E-state index >= 15 is 0 Å². The first-order valence-corrected chi connectivity index (χ1v) is 6.67. The Morgan fingerprint density at radius 3 is 3.12 bits per heavy atom. The van der Waals surface area contributed by atoms with Gasteiger partial charge in [0.1, 0.15) is 0 Å². The standard InChI is InChI=1S/C12H20N2OS/c1-9-3-4-16-12(9)8-13-6-10-5-11(15-2)7-14-10/h3-4,10-11,13-14H,5-8H2,1-2H3. The summed E-state index contributed by atoms with van der Waals surface area (Å²) >= 11 is 1.83. The van der Waals surface area contributed by atoms with Crippen LogP contribution in [-0.4, -0.2) is 32.3 Å². The zero-order valence-corrected chi connectivity index (χ0v) is 10.8. The van der Waals surface area contributed by atoms with Crippen LogP contribution in [0.3, 0.4) is 0 Å². The van der Waals surface area contributed by atoms with Crippen molar-refractivity contribution in [1.29, 1.82) is 0 Å². The highest BCUT2D eigenvalue weighted by Gasteiger charge is 2.22. The Morgan fingerprint density at radius 2 is 2.50 bits per heavy atom. The average Bonchev–Trinajstić information content (AvgIpc) is 2.89. The fraction of sp³-hybridized carbons (Fsp3) is 0.667. The molecule has 1 saturated heterocycles. The Labute approximate surface area is 101 Å². The average molecular weight is 240 g/mol. The lowest BCUT2D eigenvalue weighted by Crippen LogP contribution is -2.33. The number of rotatable bonds is 5. The minimum atomic E-state index is 0.398. The molecule has 2 atom stereocenters. The lowest BCUT2D eigenvalue weighted by molar-refractivity contribution is 0.117. The molecule has 1 fully saturated rings. The number of hydrogen-bond acceptors (Lipinski definition) is 4. The van der Waals surface area contributed by atoms with E-state index in [4.69, 9.17) is 4.74 Å². The zero-order valence-electron chi connectivity index (χ0n) is 9.95. The number of ether oxygens (including phenoxy) is 1. The normalized spacial score (nSPS) is 25.1. The van der Waals surface area contributed by atoms with E-state index in [2.05, 4.69) is 29.0 Å². The molecule has 0 amide bonds. The van der Waals surface area contributed by atoms with Crippen molar-refractivity contribution in [3.63, 3.8) is 0 Å². The van der Waals surface area contributed by atoms with E-state index in [9.17, 15) is 0 Å². The molecule has 2 rings (SSSR count). The fourth-order valence-corrected chi connectivity index (χ4v) is 2.94. The van der Waals surface area contributed by atoms with Gasteiger partial charge in [-0.3, -0.25) is 0 Å². The second-order valence-electron chi connectivity index (χ2n) is 4.36. The van der Waals surface area contributed by atoms with Crippen LogP contribution in [0.1, 0.15) is 16.9 Å². The summed E-state index contributed by atoms with van der Waals surface area (Å²) in [7, 11) is 1.79. The van der Waals surface area contributed by atoms with Gasteiger partial charge < -0.3 is 15.4 Å². The Morgan fingerprint density at radius 1 is 1.62 bits per heavy atom. The molecular formula is C12H20N2OS. The van der Waals surface area contributed by atoms with Crippen molar-refractivity contribution in [2.45, 2.75) is 32.0 Å². The molecule has 0 radical (unpaired) electrons. The molecule has 3 nitrogen and oxygen atoms in total. The molecule has 2 heterocycles. The van der Waals surface area contributed by atoms with Gasteiger partial charge in [-0.1, -0.05) is 0 Å². The number of nitrogens with one attached hydrogen (secondary N) is 2. The van der Waals surface area contributed by atoms with E-state index in [1.165, 1.54) is 10.4 Å². The summed E-state index contributed by atoms with van der Waals surface area (Å²) in [6.45, 7) is 5.17. The maximum Gasteiger partial charge on any atom is 0.0711 e. The van der Waals surface area contributed by atoms with Crippen molar-refractivity contribution in [2.75, 3.05) is 20.2 Å². The summed E-state index contributed by atoms with van der Waals surface area (Å²) in [5.74, 6) is 0. The quantitative estimate of drug-likeness (QED) is 0.819. The lowest BCUT2D eigenvalue weighted by atomic mass is 10.2. The van der Waals surface area contributed by atoms with Crippen LogP contribution in [0.5, 0.6) is 0 Å². The molecule has 1 aliphatic heterocycles. The molecule has 0 spiro atoms. The van der Waals surface area contributed by atoms with E-state index in [-0.39, 0.29) is 0 Å². The molecule has 2 N–H and O–H groups in total. The van der Waals surface area contributed by atoms with Gasteiger partial charge in [0, 0.05) is 37.7 Å². The van der Waals surface area contributed by atoms with Gasteiger partial charge >= 0.3 is 0 Å². The maximum absolute atomic E-state index is 5.32. The van der Waals surface area contributed by atoms with E-state index in [0.717, 1.165) is 26.1 Å². The molecule has 90 valence electrons. The van der Waals surface area contributed by atoms with Crippen molar-refractivity contribution < 1.29 is 4.74 Å². The van der Waals surface area contributed by atoms with Crippen LogP contribution in [0.15, 0.2) is 11.4 Å². The Hall–Kier alpha value is -0.420. The largest absolute Gasteiger partial charge is 0.380 e. The molecule has 2 unspecified atom stereocenters. The van der Waals surface area contributed by atoms with E-state index in [1.807, 2.05) is 11.3 Å². The van der Waals surface area contributed by atoms with Crippen LogP contribution in [0, 0.1) is 6.92 Å². The third kappa shape index (κ3) is 3.04. The Bertz CT molecular complexity index is 327. The maximum atomic E-state index is 5.32. The van der Waals surface area contributed by atoms with Gasteiger partial charge in [0.25, 0.3) is 0 Å². The van der Waals surface area contributed by atoms with Crippen molar-refractivity contribution in [3.05, 3.63) is 21.9 Å². The third-order valence-corrected chi connectivity index (χ3v) is 4.18. The van der Waals surface area contributed by atoms with Crippen LogP contribution in [0.25, 0.3) is 0 Å². The smallest absolute Gasteiger partial charge is 0.0711 e. The van der Waals surface area contributed by atoms with Crippen molar-refractivity contribution in [2.24, 2.45) is 0 Å². The molecule has 0 aromatic carbocycles. The highest BCUT2D eigenvalue weighted by atomic mass is 32.1. The van der Waals surface area contributed by atoms with Gasteiger partial charge in [-0.15, -0.1) is 11.3 Å². The molecular weight excluding hydrogens is 220 g/mol. The second kappa shape index (κ2) is 5.77. The third-order valence-electron chi connectivity index (χ3n) is 3.16. The number of aryl methyl sites for hydroxylation is 1. The summed E-state index contributed by atoms with van der Waals surface area (Å²) in [5.41, 5.74) is 1.40. The molecule has 0 saturated carbocycles. The highest BCUT2D eigenvalue weighted by Crippen LogP contribution is 2.15. The van der Waals surface area contributed by atoms with Crippen LogP contribution in [0.2, 0.25) is 0 Å². The Balaban J connectivity index is 1.67. The topological polar surface area (TPSA) is 33.3 Å². The molecule has 16 heavy (non-hydrogen) atoms. The first-order valence-electron chi connectivity index (χ1n) is 5.79. The number of hydrogen-bond donors (Lipinski definition) is 2. The summed E-state index contributed by atoms with van der Waals surface area (Å²) in [6.07, 6.45) is 1.52. The first kappa shape index (κ1) is 12.0. The van der Waals surface area contributed by atoms with Crippen molar-refractivity contribution in [1.82, 2.24) is 10.6 Å². The van der Waals surface area contributed by atoms with Gasteiger partial charge in [-0.05, 0) is 30.4 Å². The van der Waals surface area contributed by atoms with Gasteiger partial charge in [-0.25, -0.2) is 0 Å². The van der Waals surface area contributed by atoms with Crippen molar-refractivity contribution in [3.8, 4) is 0 Å². The van der Waals surface area contributed by atoms with Crippen LogP contribution in [0.4, 0.5) is 0 Å². The minimum Gasteiger partial charge on any atom is -0.380 e. The predicted molar refractivity (Wildman–Crippen MR) is 68.0 cm³/mol. The fourth-order valence-electron chi connectivity index (χ4n) is 2.06. The van der Waals surface area contributed by atoms with Crippen LogP contribution < -0.4 is 10.6 Å². The lowest BCUT2D eigenvalue weighted by Gasteiger charge is -2.11. The summed E-state index contributed by atoms with van der Waals surface area (Å²) in [4.78, 5) is 1.45. The van der Waals surface area contributed by atoms with Gasteiger partial charge in [-0.2, -0.15) is 0 Å². The molecule has 1 aromatic heterocycles. The molecule has 0 bridgehead atoms. The van der Waals surface area contributed by atoms with Crippen LogP contribution in [-0.2, 0) is 11.3 Å². The zero-order chi connectivity index (χ0) is 11.4. The molecule has 4 heteroatoms. The number of methoxy groups -OCH3 is 1. The summed E-state index contributed by atoms with van der Waals surface area (Å²) in [5, 5.41) is 9.13. The van der Waals surface area contributed by atoms with E-state index in [0.29, 0.717) is 12.1 Å². The summed E-state index contributed by atoms with van der Waals surface area (Å²) < 4.78 is 5.32. The van der Waals surface area contributed by atoms with Crippen molar-refractivity contribution >= 4 is 11.3 Å². The second-order valence-corrected chi connectivity index (χ2v) is 5.36. The van der Waals surface area contributed by atoms with E-state index in [1.54, 1.807) is 7.11 Å². The van der Waals surface area contributed by atoms with Gasteiger partial charge in [0.15, 0.2) is 0 Å². The molecule has 1 aromatic rings. The van der Waals surface area contributed by atoms with Gasteiger partial charge in [0.05, 0.1) is 6.10 Å². The molecule has 0 aliphatic carbocycles. The SMILES string of the molecule is COC1CNC(CNCc2sccc2C)C1. The minimum absolute atomic E-state index is 0.398. The highest BCUT2D eigenvalue weighted by molar-refractivity contribution is 7.10. The first-order chi connectivity index (χ1) is 7.79. The number of thiophene rings is 1. The Kier molecular flexibility index (Phi) is 4.35.